The predicted molar refractivity (Wildman–Crippen MR) is 91.8 cm³/mol. The lowest BCUT2D eigenvalue weighted by atomic mass is 10.2. The van der Waals surface area contributed by atoms with Gasteiger partial charge in [-0.15, -0.1) is 0 Å². The Kier molecular flexibility index (Phi) is 7.21. The molecule has 0 bridgehead atoms. The molecule has 1 amide bonds. The number of rotatable bonds is 9. The van der Waals surface area contributed by atoms with Gasteiger partial charge >= 0.3 is 0 Å². The minimum absolute atomic E-state index is 0.114. The molecule has 0 aliphatic carbocycles. The highest BCUT2D eigenvalue weighted by molar-refractivity contribution is 6.30. The van der Waals surface area contributed by atoms with Gasteiger partial charge in [-0.3, -0.25) is 4.79 Å². The lowest BCUT2D eigenvalue weighted by Gasteiger charge is -2.16. The summed E-state index contributed by atoms with van der Waals surface area (Å²) in [6, 6.07) is 7.25. The first-order chi connectivity index (χ1) is 11.6. The summed E-state index contributed by atoms with van der Waals surface area (Å²) in [4.78, 5) is 18.1. The second kappa shape index (κ2) is 9.39. The second-order valence-electron chi connectivity index (χ2n) is 5.53. The number of benzene rings is 1. The molecule has 6 nitrogen and oxygen atoms in total. The minimum atomic E-state index is 0.114. The average Bonchev–Trinajstić information content (AvgIpc) is 3.04. The Morgan fingerprint density at radius 1 is 1.29 bits per heavy atom. The van der Waals surface area contributed by atoms with E-state index in [1.807, 2.05) is 19.2 Å². The Morgan fingerprint density at radius 2 is 2.04 bits per heavy atom. The fourth-order valence-corrected chi connectivity index (χ4v) is 2.35. The molecule has 0 saturated heterocycles. The summed E-state index contributed by atoms with van der Waals surface area (Å²) in [7, 11) is 3.47. The number of aryl methyl sites for hydroxylation is 1. The summed E-state index contributed by atoms with van der Waals surface area (Å²) in [5.74, 6) is 1.18. The molecule has 1 aromatic heterocycles. The van der Waals surface area contributed by atoms with Gasteiger partial charge in [-0.1, -0.05) is 16.8 Å². The molecule has 0 saturated carbocycles. The monoisotopic (exact) mass is 351 g/mol. The Bertz CT molecular complexity index is 643. The third kappa shape index (κ3) is 5.62. The van der Waals surface area contributed by atoms with Crippen LogP contribution in [0.2, 0.25) is 5.02 Å². The quantitative estimate of drug-likeness (QED) is 0.649. The zero-order valence-electron chi connectivity index (χ0n) is 14.0. The van der Waals surface area contributed by atoms with E-state index in [4.69, 9.17) is 20.9 Å². The number of ether oxygens (including phenoxy) is 1. The number of methoxy groups -OCH3 is 1. The van der Waals surface area contributed by atoms with Crippen molar-refractivity contribution >= 4 is 17.5 Å². The number of aromatic nitrogens is 2. The molecule has 0 spiro atoms. The van der Waals surface area contributed by atoms with Gasteiger partial charge in [-0.25, -0.2) is 0 Å². The molecule has 0 radical (unpaired) electrons. The van der Waals surface area contributed by atoms with E-state index in [2.05, 4.69) is 10.1 Å². The maximum Gasteiger partial charge on any atom is 0.226 e. The molecule has 0 aliphatic heterocycles. The summed E-state index contributed by atoms with van der Waals surface area (Å²) < 4.78 is 10.2. The van der Waals surface area contributed by atoms with Crippen molar-refractivity contribution in [3.63, 3.8) is 0 Å². The topological polar surface area (TPSA) is 68.5 Å². The summed E-state index contributed by atoms with van der Waals surface area (Å²) in [5, 5.41) is 4.62. The number of amides is 1. The molecule has 130 valence electrons. The van der Waals surface area contributed by atoms with Crippen molar-refractivity contribution < 1.29 is 14.1 Å². The fraction of sp³-hybridized carbons (Fsp3) is 0.471. The second-order valence-corrected chi connectivity index (χ2v) is 5.97. The summed E-state index contributed by atoms with van der Waals surface area (Å²) >= 11 is 5.86. The van der Waals surface area contributed by atoms with Crippen LogP contribution in [0.15, 0.2) is 28.8 Å². The molecule has 0 atom stereocenters. The maximum atomic E-state index is 12.0. The van der Waals surface area contributed by atoms with Crippen LogP contribution in [0.3, 0.4) is 0 Å². The largest absolute Gasteiger partial charge is 0.385 e. The van der Waals surface area contributed by atoms with Gasteiger partial charge in [-0.2, -0.15) is 4.98 Å². The van der Waals surface area contributed by atoms with Crippen molar-refractivity contribution in [3.8, 4) is 11.4 Å². The smallest absolute Gasteiger partial charge is 0.226 e. The van der Waals surface area contributed by atoms with Crippen LogP contribution in [-0.2, 0) is 16.0 Å². The standard InChI is InChI=1S/C17H22ClN3O3/c1-21(11-4-12-23-2)16(22)6-3-5-15-19-17(20-24-15)13-7-9-14(18)10-8-13/h7-10H,3-6,11-12H2,1-2H3. The molecule has 0 aliphatic rings. The number of hydrogen-bond donors (Lipinski definition) is 0. The highest BCUT2D eigenvalue weighted by Gasteiger charge is 2.11. The van der Waals surface area contributed by atoms with Crippen molar-refractivity contribution in [2.75, 3.05) is 27.3 Å². The predicted octanol–water partition coefficient (Wildman–Crippen LogP) is 3.21. The fourth-order valence-electron chi connectivity index (χ4n) is 2.23. The van der Waals surface area contributed by atoms with Crippen LogP contribution in [0.25, 0.3) is 11.4 Å². The Hall–Kier alpha value is -1.92. The lowest BCUT2D eigenvalue weighted by Crippen LogP contribution is -2.28. The van der Waals surface area contributed by atoms with Crippen molar-refractivity contribution in [3.05, 3.63) is 35.2 Å². The third-order valence-corrected chi connectivity index (χ3v) is 3.87. The number of hydrogen-bond acceptors (Lipinski definition) is 5. The van der Waals surface area contributed by atoms with Gasteiger partial charge in [-0.05, 0) is 37.1 Å². The molecule has 2 aromatic rings. The first kappa shape index (κ1) is 18.4. The highest BCUT2D eigenvalue weighted by Crippen LogP contribution is 2.19. The molecular formula is C17H22ClN3O3. The molecule has 2 rings (SSSR count). The zero-order chi connectivity index (χ0) is 17.4. The molecule has 1 aromatic carbocycles. The number of nitrogens with zero attached hydrogens (tertiary/aromatic N) is 3. The molecule has 0 unspecified atom stereocenters. The van der Waals surface area contributed by atoms with E-state index >= 15 is 0 Å². The zero-order valence-corrected chi connectivity index (χ0v) is 14.8. The van der Waals surface area contributed by atoms with Crippen LogP contribution in [0.1, 0.15) is 25.2 Å². The average molecular weight is 352 g/mol. The van der Waals surface area contributed by atoms with Crippen LogP contribution >= 0.6 is 11.6 Å². The Morgan fingerprint density at radius 3 is 2.75 bits per heavy atom. The molecule has 1 heterocycles. The minimum Gasteiger partial charge on any atom is -0.385 e. The van der Waals surface area contributed by atoms with Gasteiger partial charge in [0.15, 0.2) is 0 Å². The number of halogens is 1. The van der Waals surface area contributed by atoms with E-state index in [1.54, 1.807) is 24.1 Å². The first-order valence-corrected chi connectivity index (χ1v) is 8.29. The van der Waals surface area contributed by atoms with Crippen LogP contribution < -0.4 is 0 Å². The van der Waals surface area contributed by atoms with Crippen LogP contribution in [-0.4, -0.2) is 48.3 Å². The van der Waals surface area contributed by atoms with E-state index < -0.39 is 0 Å². The van der Waals surface area contributed by atoms with Crippen LogP contribution in [0.5, 0.6) is 0 Å². The van der Waals surface area contributed by atoms with Gasteiger partial charge < -0.3 is 14.2 Å². The molecular weight excluding hydrogens is 330 g/mol. The van der Waals surface area contributed by atoms with Crippen molar-refractivity contribution in [2.24, 2.45) is 0 Å². The first-order valence-electron chi connectivity index (χ1n) is 7.91. The third-order valence-electron chi connectivity index (χ3n) is 3.62. The maximum absolute atomic E-state index is 12.0. The van der Waals surface area contributed by atoms with Gasteiger partial charge in [0.05, 0.1) is 0 Å². The van der Waals surface area contributed by atoms with Crippen molar-refractivity contribution in [2.45, 2.75) is 25.7 Å². The van der Waals surface area contributed by atoms with E-state index in [1.165, 1.54) is 0 Å². The van der Waals surface area contributed by atoms with E-state index in [0.29, 0.717) is 49.2 Å². The summed E-state index contributed by atoms with van der Waals surface area (Å²) in [6.07, 6.45) is 2.56. The van der Waals surface area contributed by atoms with Gasteiger partial charge in [0, 0.05) is 50.7 Å². The Labute approximate surface area is 146 Å². The Balaban J connectivity index is 1.77. The lowest BCUT2D eigenvalue weighted by molar-refractivity contribution is -0.130. The van der Waals surface area contributed by atoms with Gasteiger partial charge in [0.1, 0.15) is 0 Å². The number of carbonyl (C=O) groups is 1. The molecule has 24 heavy (non-hydrogen) atoms. The van der Waals surface area contributed by atoms with Gasteiger partial charge in [0.25, 0.3) is 0 Å². The molecule has 0 N–H and O–H groups in total. The highest BCUT2D eigenvalue weighted by atomic mass is 35.5. The van der Waals surface area contributed by atoms with E-state index in [-0.39, 0.29) is 5.91 Å². The number of carbonyl (C=O) groups excluding carboxylic acids is 1. The molecule has 7 heteroatoms. The van der Waals surface area contributed by atoms with Crippen molar-refractivity contribution in [1.82, 2.24) is 15.0 Å². The van der Waals surface area contributed by atoms with E-state index in [0.717, 1.165) is 12.0 Å². The van der Waals surface area contributed by atoms with Crippen molar-refractivity contribution in [1.29, 1.82) is 0 Å². The van der Waals surface area contributed by atoms with Crippen LogP contribution in [0, 0.1) is 0 Å². The summed E-state index contributed by atoms with van der Waals surface area (Å²) in [6.45, 7) is 1.36. The van der Waals surface area contributed by atoms with Crippen LogP contribution in [0.4, 0.5) is 0 Å². The van der Waals surface area contributed by atoms with Gasteiger partial charge in [0.2, 0.25) is 17.6 Å². The molecule has 0 fully saturated rings. The normalized spacial score (nSPS) is 10.8. The van der Waals surface area contributed by atoms with E-state index in [9.17, 15) is 4.79 Å². The SMILES string of the molecule is COCCCN(C)C(=O)CCCc1nc(-c2ccc(Cl)cc2)no1. The summed E-state index contributed by atoms with van der Waals surface area (Å²) in [5.41, 5.74) is 0.850.